The van der Waals surface area contributed by atoms with Gasteiger partial charge in [0.25, 0.3) is 0 Å². The van der Waals surface area contributed by atoms with E-state index < -0.39 is 0 Å². The van der Waals surface area contributed by atoms with Gasteiger partial charge in [0.1, 0.15) is 11.0 Å². The molecule has 0 aliphatic rings. The first kappa shape index (κ1) is 18.7. The lowest BCUT2D eigenvalue weighted by Gasteiger charge is -2.09. The zero-order chi connectivity index (χ0) is 18.9. The average molecular weight is 399 g/mol. The van der Waals surface area contributed by atoms with E-state index in [1.807, 2.05) is 54.6 Å². The zero-order valence-electron chi connectivity index (χ0n) is 15.6. The Bertz CT molecular complexity index is 1290. The number of benzene rings is 4. The minimum Gasteiger partial charge on any atom is -1.00 e. The lowest BCUT2D eigenvalue weighted by molar-refractivity contribution is -0.538. The fraction of sp³-hybridized carbons (Fsp3) is 0. The molecular weight excluding hydrogens is 380 g/mol. The first-order chi connectivity index (χ1) is 13.8. The van der Waals surface area contributed by atoms with Crippen molar-refractivity contribution in [2.75, 3.05) is 11.1 Å². The minimum atomic E-state index is 0. The van der Waals surface area contributed by atoms with Crippen LogP contribution in [0.2, 0.25) is 0 Å². The second kappa shape index (κ2) is 7.78. The summed E-state index contributed by atoms with van der Waals surface area (Å²) in [7, 11) is 0. The summed E-state index contributed by atoms with van der Waals surface area (Å²) >= 11 is 0. The van der Waals surface area contributed by atoms with Crippen molar-refractivity contribution in [1.29, 1.82) is 0 Å². The maximum Gasteiger partial charge on any atom is 0.239 e. The third-order valence-electron chi connectivity index (χ3n) is 4.77. The molecular formula is C24H19ClN4. The van der Waals surface area contributed by atoms with E-state index in [4.69, 9.17) is 10.7 Å². The molecule has 0 unspecified atom stereocenters. The molecule has 4 aromatic carbocycles. The molecule has 0 amide bonds. The molecule has 5 aromatic rings. The number of halogens is 1. The standard InChI is InChI=1S/C24H18N4.ClH/c25-17-11-13-21-23(15-17)28(20-9-5-2-6-10-20)24-16-19(12-14-22(24)27-21)26-18-7-3-1-4-8-18;/h1-16H,(H2,25,26);1H. The maximum absolute atomic E-state index is 6.09. The summed E-state index contributed by atoms with van der Waals surface area (Å²) in [6, 6.07) is 32.5. The highest BCUT2D eigenvalue weighted by atomic mass is 35.5. The molecule has 1 heterocycles. The highest BCUT2D eigenvalue weighted by molar-refractivity contribution is 5.86. The predicted molar refractivity (Wildman–Crippen MR) is 115 cm³/mol. The molecule has 142 valence electrons. The number of hydrogen-bond acceptors (Lipinski definition) is 3. The number of rotatable bonds is 3. The van der Waals surface area contributed by atoms with Crippen molar-refractivity contribution < 1.29 is 17.0 Å². The number of nitrogen functional groups attached to an aromatic ring is 1. The number of nitrogens with one attached hydrogen (secondary N) is 1. The molecule has 0 fully saturated rings. The van der Waals surface area contributed by atoms with Crippen molar-refractivity contribution in [2.24, 2.45) is 0 Å². The number of nitrogens with zero attached hydrogens (tertiary/aromatic N) is 2. The summed E-state index contributed by atoms with van der Waals surface area (Å²) in [5.74, 6) is 0. The zero-order valence-corrected chi connectivity index (χ0v) is 16.3. The van der Waals surface area contributed by atoms with Gasteiger partial charge in [-0.15, -0.1) is 4.57 Å². The molecule has 0 atom stereocenters. The molecule has 4 nitrogen and oxygen atoms in total. The van der Waals surface area contributed by atoms with Gasteiger partial charge in [0.15, 0.2) is 0 Å². The number of fused-ring (bicyclic) bond motifs is 2. The van der Waals surface area contributed by atoms with Gasteiger partial charge in [-0.3, -0.25) is 0 Å². The van der Waals surface area contributed by atoms with E-state index in [9.17, 15) is 0 Å². The van der Waals surface area contributed by atoms with Crippen molar-refractivity contribution in [2.45, 2.75) is 0 Å². The number of nitrogens with two attached hydrogens (primary N) is 1. The Labute approximate surface area is 175 Å². The van der Waals surface area contributed by atoms with Gasteiger partial charge in [0, 0.05) is 41.3 Å². The lowest BCUT2D eigenvalue weighted by Crippen LogP contribution is -3.00. The first-order valence-corrected chi connectivity index (χ1v) is 9.20. The largest absolute Gasteiger partial charge is 1.00 e. The van der Waals surface area contributed by atoms with Gasteiger partial charge in [0.05, 0.1) is 0 Å². The normalized spacial score (nSPS) is 10.6. The molecule has 0 aliphatic heterocycles. The Morgan fingerprint density at radius 2 is 1.28 bits per heavy atom. The van der Waals surface area contributed by atoms with Gasteiger partial charge < -0.3 is 23.5 Å². The second-order valence-corrected chi connectivity index (χ2v) is 6.73. The van der Waals surface area contributed by atoms with E-state index in [-0.39, 0.29) is 12.4 Å². The lowest BCUT2D eigenvalue weighted by atomic mass is 10.2. The first-order valence-electron chi connectivity index (χ1n) is 9.20. The fourth-order valence-corrected chi connectivity index (χ4v) is 3.49. The summed E-state index contributed by atoms with van der Waals surface area (Å²) in [6.45, 7) is 0. The molecule has 5 heteroatoms. The molecule has 0 aliphatic carbocycles. The van der Waals surface area contributed by atoms with Crippen molar-refractivity contribution in [1.82, 2.24) is 4.98 Å². The predicted octanol–water partition coefficient (Wildman–Crippen LogP) is 1.99. The number of anilines is 3. The topological polar surface area (TPSA) is 54.8 Å². The Morgan fingerprint density at radius 3 is 2.00 bits per heavy atom. The Balaban J connectivity index is 0.00000205. The smallest absolute Gasteiger partial charge is 0.239 e. The fourth-order valence-electron chi connectivity index (χ4n) is 3.49. The Hall–Kier alpha value is -3.63. The molecule has 0 bridgehead atoms. The Morgan fingerprint density at radius 1 is 0.655 bits per heavy atom. The summed E-state index contributed by atoms with van der Waals surface area (Å²) in [5, 5.41) is 3.47. The number of hydrogen-bond donors (Lipinski definition) is 2. The summed E-state index contributed by atoms with van der Waals surface area (Å²) in [4.78, 5) is 4.85. The van der Waals surface area contributed by atoms with E-state index >= 15 is 0 Å². The van der Waals surface area contributed by atoms with E-state index in [0.717, 1.165) is 44.8 Å². The highest BCUT2D eigenvalue weighted by Crippen LogP contribution is 2.24. The quantitative estimate of drug-likeness (QED) is 0.277. The monoisotopic (exact) mass is 398 g/mol. The van der Waals surface area contributed by atoms with Crippen LogP contribution >= 0.6 is 0 Å². The molecule has 5 rings (SSSR count). The summed E-state index contributed by atoms with van der Waals surface area (Å²) in [6.07, 6.45) is 0. The van der Waals surface area contributed by atoms with Crippen LogP contribution in [0.1, 0.15) is 0 Å². The summed E-state index contributed by atoms with van der Waals surface area (Å²) < 4.78 is 2.21. The van der Waals surface area contributed by atoms with Gasteiger partial charge in [0.2, 0.25) is 16.7 Å². The molecule has 1 aromatic heterocycles. The van der Waals surface area contributed by atoms with Crippen LogP contribution in [0, 0.1) is 0 Å². The summed E-state index contributed by atoms with van der Waals surface area (Å²) in [5.41, 5.74) is 13.8. The van der Waals surface area contributed by atoms with Crippen molar-refractivity contribution in [3.05, 3.63) is 97.1 Å². The Kier molecular flexibility index (Phi) is 5.02. The van der Waals surface area contributed by atoms with Crippen molar-refractivity contribution in [3.63, 3.8) is 0 Å². The van der Waals surface area contributed by atoms with Crippen LogP contribution < -0.4 is 28.0 Å². The van der Waals surface area contributed by atoms with Crippen LogP contribution in [0.15, 0.2) is 97.1 Å². The van der Waals surface area contributed by atoms with Crippen LogP contribution in [0.4, 0.5) is 17.1 Å². The van der Waals surface area contributed by atoms with E-state index in [2.05, 4.69) is 52.3 Å². The molecule has 0 spiro atoms. The van der Waals surface area contributed by atoms with Crippen LogP contribution in [0.3, 0.4) is 0 Å². The third kappa shape index (κ3) is 3.58. The minimum absolute atomic E-state index is 0. The van der Waals surface area contributed by atoms with Gasteiger partial charge in [-0.1, -0.05) is 36.4 Å². The van der Waals surface area contributed by atoms with Gasteiger partial charge in [-0.2, -0.15) is 0 Å². The van der Waals surface area contributed by atoms with Crippen LogP contribution in [-0.4, -0.2) is 4.98 Å². The second-order valence-electron chi connectivity index (χ2n) is 6.73. The maximum atomic E-state index is 6.09. The SMILES string of the molecule is Nc1ccc2nc3ccc(Nc4ccccc4)cc3[n+](-c3ccccc3)c2c1.[Cl-]. The van der Waals surface area contributed by atoms with Gasteiger partial charge in [-0.25, -0.2) is 4.98 Å². The van der Waals surface area contributed by atoms with E-state index in [1.165, 1.54) is 0 Å². The molecule has 3 N–H and O–H groups in total. The van der Waals surface area contributed by atoms with Gasteiger partial charge >= 0.3 is 0 Å². The van der Waals surface area contributed by atoms with Crippen LogP contribution in [-0.2, 0) is 0 Å². The molecule has 0 saturated heterocycles. The highest BCUT2D eigenvalue weighted by Gasteiger charge is 2.20. The van der Waals surface area contributed by atoms with Gasteiger partial charge in [-0.05, 0) is 36.4 Å². The van der Waals surface area contributed by atoms with Crippen LogP contribution in [0.25, 0.3) is 27.8 Å². The van der Waals surface area contributed by atoms with Crippen LogP contribution in [0.5, 0.6) is 0 Å². The third-order valence-corrected chi connectivity index (χ3v) is 4.77. The number of aromatic nitrogens is 2. The van der Waals surface area contributed by atoms with E-state index in [1.54, 1.807) is 0 Å². The molecule has 0 radical (unpaired) electrons. The average Bonchev–Trinajstić information content (AvgIpc) is 2.73. The van der Waals surface area contributed by atoms with Crippen molar-refractivity contribution in [3.8, 4) is 5.69 Å². The van der Waals surface area contributed by atoms with E-state index in [0.29, 0.717) is 0 Å². The van der Waals surface area contributed by atoms with Crippen molar-refractivity contribution >= 4 is 39.1 Å². The molecule has 0 saturated carbocycles. The molecule has 29 heavy (non-hydrogen) atoms. The number of para-hydroxylation sites is 2.